The van der Waals surface area contributed by atoms with Gasteiger partial charge in [-0.05, 0) is 43.5 Å². The van der Waals surface area contributed by atoms with Gasteiger partial charge < -0.3 is 9.73 Å². The van der Waals surface area contributed by atoms with Gasteiger partial charge in [0, 0.05) is 17.3 Å². The normalized spacial score (nSPS) is 10.9. The number of aromatic nitrogens is 2. The van der Waals surface area contributed by atoms with Crippen LogP contribution in [0, 0.1) is 6.92 Å². The van der Waals surface area contributed by atoms with Crippen molar-refractivity contribution >= 4 is 5.69 Å². The van der Waals surface area contributed by atoms with Crippen LogP contribution in [0.5, 0.6) is 0 Å². The Balaban J connectivity index is 2.20. The lowest BCUT2D eigenvalue weighted by Crippen LogP contribution is -2.17. The van der Waals surface area contributed by atoms with Crippen molar-refractivity contribution < 1.29 is 4.42 Å². The highest BCUT2D eigenvalue weighted by Crippen LogP contribution is 2.24. The Morgan fingerprint density at radius 1 is 1.28 bits per heavy atom. The van der Waals surface area contributed by atoms with Crippen molar-refractivity contribution in [3.63, 3.8) is 0 Å². The lowest BCUT2D eigenvalue weighted by molar-refractivity contribution is 0.568. The van der Waals surface area contributed by atoms with Crippen molar-refractivity contribution in [2.24, 2.45) is 0 Å². The molecule has 2 rings (SSSR count). The number of anilines is 1. The first kappa shape index (κ1) is 12.6. The summed E-state index contributed by atoms with van der Waals surface area (Å²) in [7, 11) is 0. The van der Waals surface area contributed by atoms with E-state index in [0.29, 0.717) is 11.9 Å². The summed E-state index contributed by atoms with van der Waals surface area (Å²) in [5.74, 6) is 0.562. The highest BCUT2D eigenvalue weighted by Gasteiger charge is 2.08. The van der Waals surface area contributed by atoms with Crippen molar-refractivity contribution in [2.75, 3.05) is 5.32 Å². The molecule has 0 saturated carbocycles. The molecule has 0 bridgehead atoms. The molecule has 1 aromatic heterocycles. The first-order valence-corrected chi connectivity index (χ1v) is 6.38. The second-order valence-corrected chi connectivity index (χ2v) is 4.43. The molecule has 4 nitrogen and oxygen atoms in total. The summed E-state index contributed by atoms with van der Waals surface area (Å²) in [6.07, 6.45) is 3.60. The first-order chi connectivity index (χ1) is 8.74. The van der Waals surface area contributed by atoms with Gasteiger partial charge in [-0.15, -0.1) is 10.2 Å². The van der Waals surface area contributed by atoms with Crippen LogP contribution < -0.4 is 5.32 Å². The van der Waals surface area contributed by atoms with Crippen LogP contribution in [0.4, 0.5) is 5.69 Å². The molecule has 96 valence electrons. The Morgan fingerprint density at radius 2 is 2.06 bits per heavy atom. The summed E-state index contributed by atoms with van der Waals surface area (Å²) < 4.78 is 5.20. The molecule has 18 heavy (non-hydrogen) atoms. The summed E-state index contributed by atoms with van der Waals surface area (Å²) in [6, 6.07) is 6.68. The molecular formula is C14H19N3O. The largest absolute Gasteiger partial charge is 0.423 e. The van der Waals surface area contributed by atoms with Gasteiger partial charge in [0.1, 0.15) is 0 Å². The SMILES string of the molecule is CCC(CC)Nc1ccc(-c2nnco2)cc1C. The second kappa shape index (κ2) is 5.67. The number of benzene rings is 1. The average molecular weight is 245 g/mol. The van der Waals surface area contributed by atoms with Crippen molar-refractivity contribution in [2.45, 2.75) is 39.7 Å². The Morgan fingerprint density at radius 3 is 2.61 bits per heavy atom. The molecule has 0 saturated heterocycles. The zero-order valence-electron chi connectivity index (χ0n) is 11.1. The van der Waals surface area contributed by atoms with Crippen LogP contribution in [0.2, 0.25) is 0 Å². The van der Waals surface area contributed by atoms with E-state index in [-0.39, 0.29) is 0 Å². The summed E-state index contributed by atoms with van der Waals surface area (Å²) in [6.45, 7) is 6.48. The Hall–Kier alpha value is -1.84. The number of aryl methyl sites for hydroxylation is 1. The molecule has 0 aliphatic carbocycles. The molecule has 1 N–H and O–H groups in total. The predicted octanol–water partition coefficient (Wildman–Crippen LogP) is 3.65. The zero-order valence-corrected chi connectivity index (χ0v) is 11.1. The lowest BCUT2D eigenvalue weighted by atomic mass is 10.1. The van der Waals surface area contributed by atoms with Crippen LogP contribution in [-0.2, 0) is 0 Å². The van der Waals surface area contributed by atoms with Gasteiger partial charge in [0.2, 0.25) is 12.3 Å². The lowest BCUT2D eigenvalue weighted by Gasteiger charge is -2.18. The van der Waals surface area contributed by atoms with Crippen LogP contribution in [0.1, 0.15) is 32.3 Å². The number of hydrogen-bond donors (Lipinski definition) is 1. The minimum Gasteiger partial charge on any atom is -0.423 e. The van der Waals surface area contributed by atoms with Gasteiger partial charge in [0.25, 0.3) is 0 Å². The van der Waals surface area contributed by atoms with E-state index in [9.17, 15) is 0 Å². The topological polar surface area (TPSA) is 51.0 Å². The van der Waals surface area contributed by atoms with E-state index < -0.39 is 0 Å². The third-order valence-corrected chi connectivity index (χ3v) is 3.18. The fourth-order valence-electron chi connectivity index (χ4n) is 1.97. The molecule has 1 heterocycles. The Labute approximate surface area is 107 Å². The van der Waals surface area contributed by atoms with E-state index in [2.05, 4.69) is 48.4 Å². The molecule has 0 aliphatic heterocycles. The van der Waals surface area contributed by atoms with Crippen LogP contribution in [0.15, 0.2) is 29.0 Å². The molecule has 4 heteroatoms. The van der Waals surface area contributed by atoms with Gasteiger partial charge in [0.05, 0.1) is 0 Å². The van der Waals surface area contributed by atoms with E-state index in [0.717, 1.165) is 18.4 Å². The van der Waals surface area contributed by atoms with E-state index >= 15 is 0 Å². The highest BCUT2D eigenvalue weighted by molar-refractivity contribution is 5.62. The minimum atomic E-state index is 0.526. The maximum atomic E-state index is 5.20. The number of nitrogens with one attached hydrogen (secondary N) is 1. The van der Waals surface area contributed by atoms with Crippen LogP contribution in [-0.4, -0.2) is 16.2 Å². The smallest absolute Gasteiger partial charge is 0.247 e. The average Bonchev–Trinajstić information content (AvgIpc) is 2.91. The third kappa shape index (κ3) is 2.70. The van der Waals surface area contributed by atoms with Gasteiger partial charge in [0.15, 0.2) is 0 Å². The molecule has 2 aromatic rings. The van der Waals surface area contributed by atoms with E-state index in [1.165, 1.54) is 17.6 Å². The van der Waals surface area contributed by atoms with Gasteiger partial charge in [-0.1, -0.05) is 13.8 Å². The second-order valence-electron chi connectivity index (χ2n) is 4.43. The number of hydrogen-bond acceptors (Lipinski definition) is 4. The molecule has 1 aromatic carbocycles. The van der Waals surface area contributed by atoms with Crippen molar-refractivity contribution in [1.82, 2.24) is 10.2 Å². The first-order valence-electron chi connectivity index (χ1n) is 6.38. The van der Waals surface area contributed by atoms with E-state index in [1.807, 2.05) is 6.07 Å². The van der Waals surface area contributed by atoms with E-state index in [4.69, 9.17) is 4.42 Å². The Kier molecular flexibility index (Phi) is 3.97. The molecule has 0 radical (unpaired) electrons. The summed E-state index contributed by atoms with van der Waals surface area (Å²) in [5, 5.41) is 11.2. The summed E-state index contributed by atoms with van der Waals surface area (Å²) >= 11 is 0. The van der Waals surface area contributed by atoms with Crippen LogP contribution in [0.25, 0.3) is 11.5 Å². The highest BCUT2D eigenvalue weighted by atomic mass is 16.4. The van der Waals surface area contributed by atoms with Crippen molar-refractivity contribution in [3.05, 3.63) is 30.2 Å². The van der Waals surface area contributed by atoms with Gasteiger partial charge in [-0.25, -0.2) is 0 Å². The Bertz CT molecular complexity index is 490. The molecule has 0 amide bonds. The van der Waals surface area contributed by atoms with Gasteiger partial charge in [-0.3, -0.25) is 0 Å². The van der Waals surface area contributed by atoms with Gasteiger partial charge in [-0.2, -0.15) is 0 Å². The molecular weight excluding hydrogens is 226 g/mol. The molecule has 0 fully saturated rings. The quantitative estimate of drug-likeness (QED) is 0.873. The molecule has 0 spiro atoms. The predicted molar refractivity (Wildman–Crippen MR) is 72.5 cm³/mol. The molecule has 0 aliphatic rings. The van der Waals surface area contributed by atoms with Crippen molar-refractivity contribution in [1.29, 1.82) is 0 Å². The number of nitrogens with zero attached hydrogens (tertiary/aromatic N) is 2. The summed E-state index contributed by atoms with van der Waals surface area (Å²) in [4.78, 5) is 0. The van der Waals surface area contributed by atoms with Crippen molar-refractivity contribution in [3.8, 4) is 11.5 Å². The third-order valence-electron chi connectivity index (χ3n) is 3.18. The maximum absolute atomic E-state index is 5.20. The fraction of sp³-hybridized carbons (Fsp3) is 0.429. The summed E-state index contributed by atoms with van der Waals surface area (Å²) in [5.41, 5.74) is 3.32. The number of rotatable bonds is 5. The molecule has 0 atom stereocenters. The fourth-order valence-corrected chi connectivity index (χ4v) is 1.97. The van der Waals surface area contributed by atoms with E-state index in [1.54, 1.807) is 0 Å². The standard InChI is InChI=1S/C14H19N3O/c1-4-12(5-2)16-13-7-6-11(8-10(13)3)14-17-15-9-18-14/h6-9,12,16H,4-5H2,1-3H3. The van der Waals surface area contributed by atoms with Crippen LogP contribution in [0.3, 0.4) is 0 Å². The minimum absolute atomic E-state index is 0.526. The van der Waals surface area contributed by atoms with Gasteiger partial charge >= 0.3 is 0 Å². The maximum Gasteiger partial charge on any atom is 0.247 e. The van der Waals surface area contributed by atoms with Crippen LogP contribution >= 0.6 is 0 Å². The zero-order chi connectivity index (χ0) is 13.0. The molecule has 0 unspecified atom stereocenters. The monoisotopic (exact) mass is 245 g/mol.